The van der Waals surface area contributed by atoms with Crippen LogP contribution in [0, 0.1) is 5.92 Å². The van der Waals surface area contributed by atoms with Crippen molar-refractivity contribution < 1.29 is 29.0 Å². The molecular formula is C17H30N2O6. The Balaban J connectivity index is 2.74. The molecule has 0 aromatic heterocycles. The number of hydrogen-bond donors (Lipinski definition) is 2. The van der Waals surface area contributed by atoms with E-state index in [-0.39, 0.29) is 19.0 Å². The van der Waals surface area contributed by atoms with Crippen LogP contribution in [-0.4, -0.2) is 58.5 Å². The predicted octanol–water partition coefficient (Wildman–Crippen LogP) is 2.61. The molecule has 1 fully saturated rings. The number of ether oxygens (including phenoxy) is 2. The van der Waals surface area contributed by atoms with Crippen molar-refractivity contribution in [2.24, 2.45) is 5.92 Å². The minimum atomic E-state index is -0.980. The Morgan fingerprint density at radius 3 is 2.12 bits per heavy atom. The van der Waals surface area contributed by atoms with Crippen molar-refractivity contribution in [2.45, 2.75) is 71.6 Å². The molecule has 8 heteroatoms. The molecule has 2 atom stereocenters. The summed E-state index contributed by atoms with van der Waals surface area (Å²) >= 11 is 0. The quantitative estimate of drug-likeness (QED) is 0.803. The van der Waals surface area contributed by atoms with E-state index in [9.17, 15) is 14.4 Å². The molecule has 0 saturated carbocycles. The number of carbonyl (C=O) groups is 3. The first-order valence-corrected chi connectivity index (χ1v) is 8.46. The fraction of sp³-hybridized carbons (Fsp3) is 0.824. The van der Waals surface area contributed by atoms with Crippen LogP contribution in [0.4, 0.5) is 9.59 Å². The molecule has 1 saturated heterocycles. The molecule has 1 rings (SSSR count). The lowest BCUT2D eigenvalue weighted by Gasteiger charge is -2.38. The first-order chi connectivity index (χ1) is 11.3. The highest BCUT2D eigenvalue weighted by Crippen LogP contribution is 2.23. The van der Waals surface area contributed by atoms with Crippen LogP contribution < -0.4 is 5.32 Å². The number of carbonyl (C=O) groups excluding carboxylic acids is 2. The average molecular weight is 358 g/mol. The van der Waals surface area contributed by atoms with E-state index < -0.39 is 35.3 Å². The molecule has 8 nitrogen and oxygen atoms in total. The second kappa shape index (κ2) is 7.93. The lowest BCUT2D eigenvalue weighted by atomic mass is 9.89. The van der Waals surface area contributed by atoms with Crippen LogP contribution in [0.15, 0.2) is 0 Å². The molecule has 144 valence electrons. The third-order valence-corrected chi connectivity index (χ3v) is 3.52. The van der Waals surface area contributed by atoms with Crippen molar-refractivity contribution in [2.75, 3.05) is 13.1 Å². The standard InChI is InChI=1S/C17H30N2O6/c1-16(2,3)24-14(22)18-12-7-8-19(10-11(12)9-13(20)21)15(23)25-17(4,5)6/h11-12H,7-10H2,1-6H3,(H,18,22)(H,20,21)/t11-,12+/m0/s1. The number of nitrogens with zero attached hydrogens (tertiary/aromatic N) is 1. The van der Waals surface area contributed by atoms with Gasteiger partial charge in [0.05, 0.1) is 6.42 Å². The van der Waals surface area contributed by atoms with Crippen molar-refractivity contribution in [3.63, 3.8) is 0 Å². The molecule has 0 unspecified atom stereocenters. The molecule has 1 aliphatic rings. The van der Waals surface area contributed by atoms with Gasteiger partial charge in [0.15, 0.2) is 0 Å². The summed E-state index contributed by atoms with van der Waals surface area (Å²) in [5.41, 5.74) is -1.26. The molecule has 0 radical (unpaired) electrons. The van der Waals surface area contributed by atoms with Gasteiger partial charge in [-0.2, -0.15) is 0 Å². The lowest BCUT2D eigenvalue weighted by molar-refractivity contribution is -0.138. The van der Waals surface area contributed by atoms with E-state index in [4.69, 9.17) is 14.6 Å². The largest absolute Gasteiger partial charge is 0.481 e. The number of amides is 2. The van der Waals surface area contributed by atoms with Crippen molar-refractivity contribution in [3.8, 4) is 0 Å². The van der Waals surface area contributed by atoms with Gasteiger partial charge in [-0.25, -0.2) is 9.59 Å². The molecule has 0 aliphatic carbocycles. The van der Waals surface area contributed by atoms with Crippen molar-refractivity contribution in [1.29, 1.82) is 0 Å². The Bertz CT molecular complexity index is 506. The smallest absolute Gasteiger partial charge is 0.410 e. The molecule has 0 aromatic rings. The Labute approximate surface area is 148 Å². The van der Waals surface area contributed by atoms with E-state index in [1.54, 1.807) is 41.5 Å². The van der Waals surface area contributed by atoms with Gasteiger partial charge in [-0.1, -0.05) is 0 Å². The van der Waals surface area contributed by atoms with Gasteiger partial charge in [-0.05, 0) is 48.0 Å². The third kappa shape index (κ3) is 8.09. The fourth-order valence-electron chi connectivity index (χ4n) is 2.60. The van der Waals surface area contributed by atoms with Crippen LogP contribution in [0.1, 0.15) is 54.4 Å². The van der Waals surface area contributed by atoms with Crippen LogP contribution in [0.2, 0.25) is 0 Å². The van der Waals surface area contributed by atoms with Gasteiger partial charge in [0.2, 0.25) is 0 Å². The second-order valence-corrected chi connectivity index (χ2v) is 8.33. The number of piperidine rings is 1. The number of alkyl carbamates (subject to hydrolysis) is 1. The Morgan fingerprint density at radius 2 is 1.64 bits per heavy atom. The summed E-state index contributed by atoms with van der Waals surface area (Å²) in [7, 11) is 0. The van der Waals surface area contributed by atoms with Gasteiger partial charge in [-0.3, -0.25) is 4.79 Å². The van der Waals surface area contributed by atoms with E-state index in [2.05, 4.69) is 5.32 Å². The summed E-state index contributed by atoms with van der Waals surface area (Å²) < 4.78 is 10.6. The summed E-state index contributed by atoms with van der Waals surface area (Å²) in [5.74, 6) is -1.39. The van der Waals surface area contributed by atoms with Crippen LogP contribution in [0.25, 0.3) is 0 Å². The Morgan fingerprint density at radius 1 is 1.08 bits per heavy atom. The molecule has 25 heavy (non-hydrogen) atoms. The zero-order valence-electron chi connectivity index (χ0n) is 15.9. The van der Waals surface area contributed by atoms with Gasteiger partial charge in [0.25, 0.3) is 0 Å². The average Bonchev–Trinajstić information content (AvgIpc) is 2.35. The Hall–Kier alpha value is -1.99. The maximum absolute atomic E-state index is 12.2. The zero-order chi connectivity index (χ0) is 19.4. The maximum Gasteiger partial charge on any atom is 0.410 e. The predicted molar refractivity (Wildman–Crippen MR) is 91.3 cm³/mol. The highest BCUT2D eigenvalue weighted by Gasteiger charge is 2.36. The van der Waals surface area contributed by atoms with E-state index in [1.807, 2.05) is 0 Å². The van der Waals surface area contributed by atoms with E-state index in [1.165, 1.54) is 4.90 Å². The molecule has 1 heterocycles. The number of nitrogens with one attached hydrogen (secondary N) is 1. The number of rotatable bonds is 3. The van der Waals surface area contributed by atoms with Crippen molar-refractivity contribution in [1.82, 2.24) is 10.2 Å². The maximum atomic E-state index is 12.2. The number of carboxylic acid groups (broad SMARTS) is 1. The monoisotopic (exact) mass is 358 g/mol. The third-order valence-electron chi connectivity index (χ3n) is 3.52. The van der Waals surface area contributed by atoms with Crippen LogP contribution >= 0.6 is 0 Å². The minimum Gasteiger partial charge on any atom is -0.481 e. The van der Waals surface area contributed by atoms with Crippen LogP contribution in [-0.2, 0) is 14.3 Å². The van der Waals surface area contributed by atoms with Crippen molar-refractivity contribution >= 4 is 18.2 Å². The van der Waals surface area contributed by atoms with Crippen molar-refractivity contribution in [3.05, 3.63) is 0 Å². The lowest BCUT2D eigenvalue weighted by Crippen LogP contribution is -2.54. The number of likely N-dealkylation sites (tertiary alicyclic amines) is 1. The summed E-state index contributed by atoms with van der Waals surface area (Å²) in [6.07, 6.45) is -0.770. The molecule has 2 amide bonds. The summed E-state index contributed by atoms with van der Waals surface area (Å²) in [5, 5.41) is 11.9. The number of hydrogen-bond acceptors (Lipinski definition) is 5. The summed E-state index contributed by atoms with van der Waals surface area (Å²) in [6, 6.07) is -0.371. The molecular weight excluding hydrogens is 328 g/mol. The van der Waals surface area contributed by atoms with E-state index in [0.717, 1.165) is 0 Å². The van der Waals surface area contributed by atoms with Crippen LogP contribution in [0.5, 0.6) is 0 Å². The van der Waals surface area contributed by atoms with Gasteiger partial charge in [-0.15, -0.1) is 0 Å². The highest BCUT2D eigenvalue weighted by atomic mass is 16.6. The van der Waals surface area contributed by atoms with E-state index >= 15 is 0 Å². The molecule has 0 aromatic carbocycles. The first-order valence-electron chi connectivity index (χ1n) is 8.46. The fourth-order valence-corrected chi connectivity index (χ4v) is 2.60. The first kappa shape index (κ1) is 21.1. The topological polar surface area (TPSA) is 105 Å². The summed E-state index contributed by atoms with van der Waals surface area (Å²) in [6.45, 7) is 11.2. The van der Waals surface area contributed by atoms with Gasteiger partial charge in [0.1, 0.15) is 11.2 Å². The molecule has 2 N–H and O–H groups in total. The second-order valence-electron chi connectivity index (χ2n) is 8.33. The molecule has 0 spiro atoms. The zero-order valence-corrected chi connectivity index (χ0v) is 15.9. The highest BCUT2D eigenvalue weighted by molar-refractivity contribution is 5.71. The molecule has 1 aliphatic heterocycles. The van der Waals surface area contributed by atoms with Gasteiger partial charge in [0, 0.05) is 25.0 Å². The van der Waals surface area contributed by atoms with Gasteiger partial charge < -0.3 is 24.8 Å². The van der Waals surface area contributed by atoms with Gasteiger partial charge >= 0.3 is 18.2 Å². The normalized spacial score (nSPS) is 21.4. The van der Waals surface area contributed by atoms with E-state index in [0.29, 0.717) is 13.0 Å². The SMILES string of the molecule is CC(C)(C)OC(=O)N[C@@H]1CCN(C(=O)OC(C)(C)C)C[C@@H]1CC(=O)O. The number of aliphatic carboxylic acids is 1. The minimum absolute atomic E-state index is 0.153. The van der Waals surface area contributed by atoms with Crippen LogP contribution in [0.3, 0.4) is 0 Å². The number of carboxylic acids is 1. The summed E-state index contributed by atoms with van der Waals surface area (Å²) in [4.78, 5) is 36.8. The molecule has 0 bridgehead atoms. The Kier molecular flexibility index (Phi) is 6.68.